The Morgan fingerprint density at radius 3 is 2.81 bits per heavy atom. The lowest BCUT2D eigenvalue weighted by Crippen LogP contribution is -2.34. The molecule has 0 aromatic heterocycles. The lowest BCUT2D eigenvalue weighted by atomic mass is 9.97. The van der Waals surface area contributed by atoms with Crippen LogP contribution in [0, 0.1) is 0 Å². The van der Waals surface area contributed by atoms with Crippen LogP contribution in [0.4, 0.5) is 4.79 Å². The number of halogens is 1. The van der Waals surface area contributed by atoms with E-state index in [0.29, 0.717) is 17.2 Å². The van der Waals surface area contributed by atoms with Crippen LogP contribution in [-0.4, -0.2) is 16.8 Å². The highest BCUT2D eigenvalue weighted by Gasteiger charge is 2.40. The first-order valence-electron chi connectivity index (χ1n) is 6.66. The third kappa shape index (κ3) is 1.99. The second kappa shape index (κ2) is 4.60. The molecule has 1 amide bonds. The summed E-state index contributed by atoms with van der Waals surface area (Å²) in [5.41, 5.74) is 2.80. The second-order valence-electron chi connectivity index (χ2n) is 5.03. The van der Waals surface area contributed by atoms with Crippen LogP contribution in [0.5, 0.6) is 5.75 Å². The van der Waals surface area contributed by atoms with Crippen LogP contribution in [0.2, 0.25) is 5.02 Å². The molecular formula is C16H11ClN2O2. The first kappa shape index (κ1) is 12.4. The Morgan fingerprint density at radius 2 is 2.00 bits per heavy atom. The molecule has 2 aliphatic heterocycles. The van der Waals surface area contributed by atoms with Crippen LogP contribution in [0.25, 0.3) is 0 Å². The largest absolute Gasteiger partial charge is 0.436 e. The number of hydrazone groups is 1. The van der Waals surface area contributed by atoms with Crippen molar-refractivity contribution in [2.45, 2.75) is 12.5 Å². The van der Waals surface area contributed by atoms with Crippen LogP contribution >= 0.6 is 11.6 Å². The molecule has 21 heavy (non-hydrogen) atoms. The highest BCUT2D eigenvalue weighted by atomic mass is 35.5. The van der Waals surface area contributed by atoms with E-state index in [9.17, 15) is 4.79 Å². The zero-order chi connectivity index (χ0) is 14.4. The maximum atomic E-state index is 12.1. The predicted molar refractivity (Wildman–Crippen MR) is 79.7 cm³/mol. The molecule has 0 fully saturated rings. The van der Waals surface area contributed by atoms with Crippen molar-refractivity contribution in [3.63, 3.8) is 0 Å². The summed E-state index contributed by atoms with van der Waals surface area (Å²) in [6.45, 7) is 0. The number of nitrogens with zero attached hydrogens (tertiary/aromatic N) is 2. The van der Waals surface area contributed by atoms with E-state index in [0.717, 1.165) is 16.8 Å². The number of amides is 1. The second-order valence-corrected chi connectivity index (χ2v) is 5.46. The topological polar surface area (TPSA) is 41.9 Å². The molecule has 2 heterocycles. The number of hydrogen-bond acceptors (Lipinski definition) is 3. The zero-order valence-electron chi connectivity index (χ0n) is 11.0. The molecule has 1 unspecified atom stereocenters. The number of benzene rings is 2. The minimum Gasteiger partial charge on any atom is -0.409 e. The van der Waals surface area contributed by atoms with E-state index < -0.39 is 6.09 Å². The lowest BCUT2D eigenvalue weighted by Gasteiger charge is -2.28. The van der Waals surface area contributed by atoms with Gasteiger partial charge in [-0.15, -0.1) is 0 Å². The number of ether oxygens (including phenoxy) is 1. The molecule has 2 aliphatic rings. The van der Waals surface area contributed by atoms with Crippen molar-refractivity contribution in [2.75, 3.05) is 0 Å². The first-order chi connectivity index (χ1) is 10.2. The zero-order valence-corrected chi connectivity index (χ0v) is 11.7. The molecular weight excluding hydrogens is 288 g/mol. The van der Waals surface area contributed by atoms with Gasteiger partial charge in [0.2, 0.25) is 0 Å². The number of rotatable bonds is 1. The first-order valence-corrected chi connectivity index (χ1v) is 7.03. The minimum absolute atomic E-state index is 0.143. The van der Waals surface area contributed by atoms with Crippen LogP contribution in [0.15, 0.2) is 53.6 Å². The molecule has 4 rings (SSSR count). The van der Waals surface area contributed by atoms with Crippen LogP contribution in [0.1, 0.15) is 23.6 Å². The van der Waals surface area contributed by atoms with Crippen molar-refractivity contribution in [1.82, 2.24) is 5.01 Å². The van der Waals surface area contributed by atoms with E-state index in [1.807, 2.05) is 36.4 Å². The third-order valence-corrected chi connectivity index (χ3v) is 3.97. The van der Waals surface area contributed by atoms with Crippen molar-refractivity contribution in [1.29, 1.82) is 0 Å². The van der Waals surface area contributed by atoms with E-state index >= 15 is 0 Å². The van der Waals surface area contributed by atoms with Crippen molar-refractivity contribution < 1.29 is 9.53 Å². The summed E-state index contributed by atoms with van der Waals surface area (Å²) in [7, 11) is 0. The Kier molecular flexibility index (Phi) is 2.72. The van der Waals surface area contributed by atoms with E-state index in [1.165, 1.54) is 5.01 Å². The summed E-state index contributed by atoms with van der Waals surface area (Å²) >= 11 is 6.06. The number of fused-ring (bicyclic) bond motifs is 3. The van der Waals surface area contributed by atoms with Crippen molar-refractivity contribution >= 4 is 23.4 Å². The smallest absolute Gasteiger partial charge is 0.409 e. The van der Waals surface area contributed by atoms with Crippen molar-refractivity contribution in [2.24, 2.45) is 5.10 Å². The van der Waals surface area contributed by atoms with E-state index in [-0.39, 0.29) is 6.04 Å². The summed E-state index contributed by atoms with van der Waals surface area (Å²) in [5, 5.41) is 6.45. The molecule has 0 saturated heterocycles. The molecule has 0 aliphatic carbocycles. The van der Waals surface area contributed by atoms with Gasteiger partial charge in [0, 0.05) is 17.0 Å². The fourth-order valence-electron chi connectivity index (χ4n) is 2.74. The Balaban J connectivity index is 1.76. The summed E-state index contributed by atoms with van der Waals surface area (Å²) in [4.78, 5) is 12.1. The standard InChI is InChI=1S/C16H11ClN2O2/c17-11-6-7-15-12(8-11)14-9-13(10-4-2-1-3-5-10)18-19(14)16(20)21-15/h1-8,14H,9H2. The molecule has 4 nitrogen and oxygen atoms in total. The Hall–Kier alpha value is -2.33. The van der Waals surface area contributed by atoms with E-state index in [4.69, 9.17) is 16.3 Å². The molecule has 0 saturated carbocycles. The average molecular weight is 299 g/mol. The molecule has 5 heteroatoms. The van der Waals surface area contributed by atoms with Crippen LogP contribution in [0.3, 0.4) is 0 Å². The molecule has 2 aromatic carbocycles. The Bertz CT molecular complexity index is 758. The average Bonchev–Trinajstić information content (AvgIpc) is 2.95. The highest BCUT2D eigenvalue weighted by molar-refractivity contribution is 6.30. The van der Waals surface area contributed by atoms with Gasteiger partial charge in [-0.1, -0.05) is 41.9 Å². The summed E-state index contributed by atoms with van der Waals surface area (Å²) in [5.74, 6) is 0.565. The fourth-order valence-corrected chi connectivity index (χ4v) is 2.92. The number of carbonyl (C=O) groups excluding carboxylic acids is 1. The summed E-state index contributed by atoms with van der Waals surface area (Å²) < 4.78 is 5.31. The van der Waals surface area contributed by atoms with Crippen molar-refractivity contribution in [3.8, 4) is 5.75 Å². The van der Waals surface area contributed by atoms with Crippen LogP contribution in [-0.2, 0) is 0 Å². The lowest BCUT2D eigenvalue weighted by molar-refractivity contribution is 0.127. The van der Waals surface area contributed by atoms with Gasteiger partial charge in [0.1, 0.15) is 5.75 Å². The van der Waals surface area contributed by atoms with Crippen molar-refractivity contribution in [3.05, 3.63) is 64.7 Å². The van der Waals surface area contributed by atoms with Gasteiger partial charge in [-0.25, -0.2) is 4.79 Å². The Labute approximate surface area is 126 Å². The van der Waals surface area contributed by atoms with E-state index in [1.54, 1.807) is 12.1 Å². The molecule has 104 valence electrons. The van der Waals surface area contributed by atoms with Gasteiger partial charge in [0.15, 0.2) is 0 Å². The van der Waals surface area contributed by atoms with Gasteiger partial charge >= 0.3 is 6.09 Å². The van der Waals surface area contributed by atoms with E-state index in [2.05, 4.69) is 5.10 Å². The SMILES string of the molecule is O=C1Oc2ccc(Cl)cc2C2CC(c3ccccc3)=NN12. The quantitative estimate of drug-likeness (QED) is 0.798. The maximum absolute atomic E-state index is 12.1. The molecule has 0 N–H and O–H groups in total. The molecule has 1 atom stereocenters. The van der Waals surface area contributed by atoms with Gasteiger partial charge in [-0.2, -0.15) is 10.1 Å². The minimum atomic E-state index is -0.444. The fraction of sp³-hybridized carbons (Fsp3) is 0.125. The highest BCUT2D eigenvalue weighted by Crippen LogP contribution is 2.42. The van der Waals surface area contributed by atoms with Gasteiger partial charge in [-0.05, 0) is 23.8 Å². The molecule has 0 bridgehead atoms. The maximum Gasteiger partial charge on any atom is 0.436 e. The summed E-state index contributed by atoms with van der Waals surface area (Å²) in [6.07, 6.45) is 0.215. The third-order valence-electron chi connectivity index (χ3n) is 3.73. The van der Waals surface area contributed by atoms with Gasteiger partial charge in [-0.3, -0.25) is 0 Å². The molecule has 0 radical (unpaired) electrons. The number of hydrogen-bond donors (Lipinski definition) is 0. The number of carbonyl (C=O) groups is 1. The van der Waals surface area contributed by atoms with Gasteiger partial charge in [0.25, 0.3) is 0 Å². The normalized spacial score (nSPS) is 19.7. The van der Waals surface area contributed by atoms with Gasteiger partial charge < -0.3 is 4.74 Å². The summed E-state index contributed by atoms with van der Waals surface area (Å²) in [6, 6.07) is 15.0. The molecule has 0 spiro atoms. The van der Waals surface area contributed by atoms with Gasteiger partial charge in [0.05, 0.1) is 11.8 Å². The monoisotopic (exact) mass is 298 g/mol. The molecule has 2 aromatic rings. The van der Waals surface area contributed by atoms with Crippen LogP contribution < -0.4 is 4.74 Å². The Morgan fingerprint density at radius 1 is 1.19 bits per heavy atom. The predicted octanol–water partition coefficient (Wildman–Crippen LogP) is 4.00.